The molecule has 8 nitrogen and oxygen atoms in total. The number of thiophene rings is 1. The van der Waals surface area contributed by atoms with Crippen molar-refractivity contribution in [3.05, 3.63) is 83.4 Å². The van der Waals surface area contributed by atoms with E-state index in [4.69, 9.17) is 4.74 Å². The Kier molecular flexibility index (Phi) is 8.28. The number of nitrogens with one attached hydrogen (secondary N) is 2. The molecular formula is C29H31N5O3S. The van der Waals surface area contributed by atoms with Crippen LogP contribution in [0.4, 0.5) is 17.3 Å². The molecule has 3 heterocycles. The average molecular weight is 530 g/mol. The van der Waals surface area contributed by atoms with Crippen LogP contribution in [0.2, 0.25) is 0 Å². The van der Waals surface area contributed by atoms with E-state index in [2.05, 4.69) is 37.6 Å². The van der Waals surface area contributed by atoms with E-state index in [1.807, 2.05) is 42.5 Å². The predicted molar refractivity (Wildman–Crippen MR) is 151 cm³/mol. The third-order valence-corrected chi connectivity index (χ3v) is 7.66. The Labute approximate surface area is 226 Å². The van der Waals surface area contributed by atoms with Crippen LogP contribution in [0, 0.1) is 0 Å². The summed E-state index contributed by atoms with van der Waals surface area (Å²) in [6, 6.07) is 21.1. The summed E-state index contributed by atoms with van der Waals surface area (Å²) in [5, 5.41) is 15.9. The molecule has 196 valence electrons. The van der Waals surface area contributed by atoms with Crippen LogP contribution in [0.3, 0.4) is 0 Å². The highest BCUT2D eigenvalue weighted by Crippen LogP contribution is 2.28. The van der Waals surface area contributed by atoms with E-state index in [0.717, 1.165) is 55.2 Å². The van der Waals surface area contributed by atoms with Gasteiger partial charge in [-0.3, -0.25) is 4.79 Å². The van der Waals surface area contributed by atoms with E-state index in [9.17, 15) is 9.90 Å². The summed E-state index contributed by atoms with van der Waals surface area (Å²) in [5.74, 6) is 1.00. The maximum absolute atomic E-state index is 12.7. The number of methoxy groups -OCH3 is 1. The molecule has 0 spiro atoms. The van der Waals surface area contributed by atoms with Crippen molar-refractivity contribution in [2.45, 2.75) is 25.4 Å². The third kappa shape index (κ3) is 6.74. The van der Waals surface area contributed by atoms with Crippen LogP contribution in [0.25, 0.3) is 10.6 Å². The molecule has 2 aromatic carbocycles. The number of aromatic nitrogens is 2. The van der Waals surface area contributed by atoms with E-state index in [1.54, 1.807) is 25.4 Å². The number of hydrogen-bond donors (Lipinski definition) is 3. The molecule has 1 amide bonds. The number of carbonyl (C=O) groups is 1. The Bertz CT molecular complexity index is 1370. The molecule has 4 aromatic rings. The van der Waals surface area contributed by atoms with Gasteiger partial charge in [0.2, 0.25) is 5.95 Å². The van der Waals surface area contributed by atoms with Gasteiger partial charge in [0.1, 0.15) is 5.75 Å². The largest absolute Gasteiger partial charge is 0.497 e. The van der Waals surface area contributed by atoms with Crippen LogP contribution in [0.1, 0.15) is 28.1 Å². The zero-order chi connectivity index (χ0) is 26.3. The maximum Gasteiger partial charge on any atom is 0.265 e. The molecule has 0 aliphatic carbocycles. The Morgan fingerprint density at radius 3 is 2.68 bits per heavy atom. The Morgan fingerprint density at radius 2 is 1.89 bits per heavy atom. The van der Waals surface area contributed by atoms with Crippen LogP contribution in [-0.4, -0.2) is 58.7 Å². The van der Waals surface area contributed by atoms with Crippen molar-refractivity contribution in [3.63, 3.8) is 0 Å². The monoisotopic (exact) mass is 529 g/mol. The molecule has 1 aliphatic rings. The molecular weight excluding hydrogens is 498 g/mol. The second-order valence-corrected chi connectivity index (χ2v) is 10.3. The molecule has 1 saturated heterocycles. The van der Waals surface area contributed by atoms with Gasteiger partial charge in [-0.25, -0.2) is 9.97 Å². The lowest BCUT2D eigenvalue weighted by Gasteiger charge is -2.29. The second kappa shape index (κ2) is 12.2. The SMILES string of the molecule is COc1cccc(NC(=O)c2ccc(-c3ccnc(Nc4ccc(CCN5CCC(O)CC5)cc4)n3)s2)c1. The van der Waals surface area contributed by atoms with Crippen molar-refractivity contribution >= 4 is 34.6 Å². The molecule has 5 rings (SSSR count). The number of carbonyl (C=O) groups excluding carboxylic acids is 1. The lowest BCUT2D eigenvalue weighted by atomic mass is 10.1. The number of rotatable bonds is 9. The lowest BCUT2D eigenvalue weighted by Crippen LogP contribution is -2.37. The van der Waals surface area contributed by atoms with Gasteiger partial charge in [-0.15, -0.1) is 11.3 Å². The van der Waals surface area contributed by atoms with Gasteiger partial charge in [-0.05, 0) is 67.3 Å². The summed E-state index contributed by atoms with van der Waals surface area (Å²) < 4.78 is 5.22. The summed E-state index contributed by atoms with van der Waals surface area (Å²) in [7, 11) is 1.59. The molecule has 0 atom stereocenters. The van der Waals surface area contributed by atoms with Crippen molar-refractivity contribution in [2.24, 2.45) is 0 Å². The van der Waals surface area contributed by atoms with Crippen LogP contribution in [0.5, 0.6) is 5.75 Å². The van der Waals surface area contributed by atoms with Crippen molar-refractivity contribution in [2.75, 3.05) is 37.4 Å². The Morgan fingerprint density at radius 1 is 1.08 bits per heavy atom. The van der Waals surface area contributed by atoms with E-state index in [1.165, 1.54) is 16.9 Å². The first-order valence-electron chi connectivity index (χ1n) is 12.7. The minimum Gasteiger partial charge on any atom is -0.497 e. The van der Waals surface area contributed by atoms with Gasteiger partial charge in [0, 0.05) is 43.3 Å². The van der Waals surface area contributed by atoms with Gasteiger partial charge in [0.05, 0.1) is 28.7 Å². The summed E-state index contributed by atoms with van der Waals surface area (Å²) in [4.78, 5) is 25.6. The molecule has 0 radical (unpaired) electrons. The number of hydrogen-bond acceptors (Lipinski definition) is 8. The van der Waals surface area contributed by atoms with E-state index in [0.29, 0.717) is 22.3 Å². The number of ether oxygens (including phenoxy) is 1. The van der Waals surface area contributed by atoms with E-state index < -0.39 is 0 Å². The minimum atomic E-state index is -0.181. The highest BCUT2D eigenvalue weighted by Gasteiger charge is 2.16. The smallest absolute Gasteiger partial charge is 0.265 e. The summed E-state index contributed by atoms with van der Waals surface area (Å²) >= 11 is 1.38. The van der Waals surface area contributed by atoms with Crippen molar-refractivity contribution in [3.8, 4) is 16.3 Å². The molecule has 0 unspecified atom stereocenters. The third-order valence-electron chi connectivity index (χ3n) is 6.55. The first-order chi connectivity index (χ1) is 18.6. The minimum absolute atomic E-state index is 0.136. The van der Waals surface area contributed by atoms with Crippen molar-refractivity contribution in [1.29, 1.82) is 0 Å². The lowest BCUT2D eigenvalue weighted by molar-refractivity contribution is 0.0832. The van der Waals surface area contributed by atoms with E-state index in [-0.39, 0.29) is 12.0 Å². The second-order valence-electron chi connectivity index (χ2n) is 9.26. The zero-order valence-corrected chi connectivity index (χ0v) is 22.1. The van der Waals surface area contributed by atoms with Crippen molar-refractivity contribution in [1.82, 2.24) is 14.9 Å². The molecule has 9 heteroatoms. The van der Waals surface area contributed by atoms with Gasteiger partial charge in [-0.2, -0.15) is 0 Å². The fraction of sp³-hybridized carbons (Fsp3) is 0.276. The number of aliphatic hydroxyl groups excluding tert-OH is 1. The topological polar surface area (TPSA) is 99.6 Å². The average Bonchev–Trinajstić information content (AvgIpc) is 3.45. The number of likely N-dealkylation sites (tertiary alicyclic amines) is 1. The van der Waals surface area contributed by atoms with Gasteiger partial charge in [0.15, 0.2) is 0 Å². The number of amides is 1. The fourth-order valence-electron chi connectivity index (χ4n) is 4.36. The first-order valence-corrected chi connectivity index (χ1v) is 13.5. The molecule has 3 N–H and O–H groups in total. The summed E-state index contributed by atoms with van der Waals surface area (Å²) in [6.07, 6.45) is 4.29. The highest BCUT2D eigenvalue weighted by atomic mass is 32.1. The van der Waals surface area contributed by atoms with Crippen LogP contribution < -0.4 is 15.4 Å². The molecule has 1 fully saturated rings. The molecule has 1 aliphatic heterocycles. The maximum atomic E-state index is 12.7. The van der Waals surface area contributed by atoms with Crippen LogP contribution >= 0.6 is 11.3 Å². The van der Waals surface area contributed by atoms with Crippen LogP contribution in [0.15, 0.2) is 72.9 Å². The summed E-state index contributed by atoms with van der Waals surface area (Å²) in [6.45, 7) is 2.94. The van der Waals surface area contributed by atoms with Crippen LogP contribution in [-0.2, 0) is 6.42 Å². The normalized spacial score (nSPS) is 14.3. The molecule has 0 bridgehead atoms. The molecule has 38 heavy (non-hydrogen) atoms. The molecule has 0 saturated carbocycles. The molecule has 2 aromatic heterocycles. The zero-order valence-electron chi connectivity index (χ0n) is 21.3. The predicted octanol–water partition coefficient (Wildman–Crippen LogP) is 5.21. The number of aliphatic hydroxyl groups is 1. The number of benzene rings is 2. The number of nitrogens with zero attached hydrogens (tertiary/aromatic N) is 3. The Hall–Kier alpha value is -3.79. The van der Waals surface area contributed by atoms with Gasteiger partial charge in [-0.1, -0.05) is 18.2 Å². The number of anilines is 3. The summed E-state index contributed by atoms with van der Waals surface area (Å²) in [5.41, 5.74) is 3.61. The van der Waals surface area contributed by atoms with Gasteiger partial charge in [0.25, 0.3) is 5.91 Å². The quantitative estimate of drug-likeness (QED) is 0.274. The van der Waals surface area contributed by atoms with E-state index >= 15 is 0 Å². The standard InChI is InChI=1S/C29H31N5O3S/c1-37-24-4-2-3-22(19-24)31-28(36)27-10-9-26(38-27)25-11-15-30-29(33-25)32-21-7-5-20(6-8-21)12-16-34-17-13-23(35)14-18-34/h2-11,15,19,23,35H,12-14,16-18H2,1H3,(H,31,36)(H,30,32,33). The van der Waals surface area contributed by atoms with Gasteiger partial charge >= 0.3 is 0 Å². The van der Waals surface area contributed by atoms with Gasteiger partial charge < -0.3 is 25.4 Å². The first kappa shape index (κ1) is 25.8. The number of piperidine rings is 1. The van der Waals surface area contributed by atoms with Crippen molar-refractivity contribution < 1.29 is 14.6 Å². The Balaban J connectivity index is 1.18. The fourth-order valence-corrected chi connectivity index (χ4v) is 5.23. The highest BCUT2D eigenvalue weighted by molar-refractivity contribution is 7.17.